The highest BCUT2D eigenvalue weighted by Crippen LogP contribution is 2.12. The highest BCUT2D eigenvalue weighted by Gasteiger charge is 2.25. The zero-order valence-corrected chi connectivity index (χ0v) is 9.53. The number of carbonyl (C=O) groups is 1. The van der Waals surface area contributed by atoms with E-state index in [0.717, 1.165) is 6.08 Å². The first-order chi connectivity index (χ1) is 7.25. The van der Waals surface area contributed by atoms with E-state index in [9.17, 15) is 9.18 Å². The van der Waals surface area contributed by atoms with Crippen molar-refractivity contribution in [2.24, 2.45) is 16.5 Å². The second kappa shape index (κ2) is 6.22. The van der Waals surface area contributed by atoms with Gasteiger partial charge in [-0.1, -0.05) is 0 Å². The minimum atomic E-state index is -1.67. The molecule has 0 aliphatic carbocycles. The Hall–Kier alpha value is -1.43. The van der Waals surface area contributed by atoms with E-state index < -0.39 is 17.3 Å². The summed E-state index contributed by atoms with van der Waals surface area (Å²) in [6.07, 6.45) is 1.48. The minimum Gasteiger partial charge on any atom is -0.480 e. The van der Waals surface area contributed by atoms with Gasteiger partial charge in [0.05, 0.1) is 11.7 Å². The van der Waals surface area contributed by atoms with Crippen LogP contribution in [0, 0.1) is 0 Å². The number of carboxylic acid groups (broad SMARTS) is 1. The van der Waals surface area contributed by atoms with Gasteiger partial charge in [-0.15, -0.1) is 0 Å². The molecule has 0 saturated heterocycles. The maximum Gasteiger partial charge on any atom is 0.327 e. The molecule has 5 nitrogen and oxygen atoms in total. The highest BCUT2D eigenvalue weighted by atomic mass is 19.1. The third kappa shape index (κ3) is 6.13. The molecule has 6 heteroatoms. The van der Waals surface area contributed by atoms with Crippen LogP contribution >= 0.6 is 0 Å². The Bertz CT molecular complexity index is 307. The molecule has 0 aliphatic rings. The van der Waals surface area contributed by atoms with Crippen molar-refractivity contribution in [2.45, 2.75) is 32.2 Å². The second-order valence-corrected chi connectivity index (χ2v) is 3.81. The normalized spacial score (nSPS) is 17.0. The van der Waals surface area contributed by atoms with Crippen LogP contribution in [-0.4, -0.2) is 29.0 Å². The van der Waals surface area contributed by atoms with Crippen molar-refractivity contribution in [3.8, 4) is 0 Å². The molecule has 16 heavy (non-hydrogen) atoms. The first-order valence-electron chi connectivity index (χ1n) is 4.91. The molecule has 0 aromatic rings. The van der Waals surface area contributed by atoms with Crippen molar-refractivity contribution in [3.63, 3.8) is 0 Å². The minimum absolute atomic E-state index is 0.108. The molecule has 0 rings (SSSR count). The summed E-state index contributed by atoms with van der Waals surface area (Å²) in [5.74, 6) is -1.37. The van der Waals surface area contributed by atoms with E-state index in [1.165, 1.54) is 6.92 Å². The molecule has 0 heterocycles. The number of aliphatic imine (C=N–C) groups is 1. The molecule has 0 aromatic heterocycles. The van der Waals surface area contributed by atoms with Crippen LogP contribution in [0.4, 0.5) is 4.39 Å². The number of carboxylic acids is 1. The number of aliphatic carboxylic acids is 1. The van der Waals surface area contributed by atoms with Crippen molar-refractivity contribution < 1.29 is 14.3 Å². The first kappa shape index (κ1) is 14.6. The third-order valence-corrected chi connectivity index (χ3v) is 1.85. The maximum atomic E-state index is 13.2. The molecule has 5 N–H and O–H groups in total. The van der Waals surface area contributed by atoms with Gasteiger partial charge in [0.25, 0.3) is 0 Å². The van der Waals surface area contributed by atoms with E-state index in [4.69, 9.17) is 16.6 Å². The van der Waals surface area contributed by atoms with Crippen LogP contribution in [0.1, 0.15) is 26.7 Å². The molecule has 0 saturated carbocycles. The first-order valence-corrected chi connectivity index (χ1v) is 4.91. The fourth-order valence-corrected chi connectivity index (χ4v) is 0.963. The quantitative estimate of drug-likeness (QED) is 0.357. The van der Waals surface area contributed by atoms with E-state index >= 15 is 0 Å². The van der Waals surface area contributed by atoms with Gasteiger partial charge in [-0.25, -0.2) is 9.18 Å². The summed E-state index contributed by atoms with van der Waals surface area (Å²) in [6, 6.07) is 0. The SMILES string of the molecule is CC(N)=NCCC/C(F)=C/[C@@](C)(N)C(=O)O. The molecule has 0 bridgehead atoms. The van der Waals surface area contributed by atoms with Gasteiger partial charge in [-0.3, -0.25) is 4.99 Å². The number of halogens is 1. The molecular weight excluding hydrogens is 213 g/mol. The average molecular weight is 231 g/mol. The monoisotopic (exact) mass is 231 g/mol. The lowest BCUT2D eigenvalue weighted by Gasteiger charge is -2.13. The average Bonchev–Trinajstić information content (AvgIpc) is 2.11. The van der Waals surface area contributed by atoms with Crippen molar-refractivity contribution >= 4 is 11.8 Å². The van der Waals surface area contributed by atoms with Crippen LogP contribution in [-0.2, 0) is 4.79 Å². The van der Waals surface area contributed by atoms with Crippen molar-refractivity contribution in [2.75, 3.05) is 6.54 Å². The van der Waals surface area contributed by atoms with Crippen molar-refractivity contribution in [1.82, 2.24) is 0 Å². The maximum absolute atomic E-state index is 13.2. The summed E-state index contributed by atoms with van der Waals surface area (Å²) < 4.78 is 13.2. The molecule has 0 amide bonds. The second-order valence-electron chi connectivity index (χ2n) is 3.81. The van der Waals surface area contributed by atoms with Crippen LogP contribution in [0.5, 0.6) is 0 Å². The van der Waals surface area contributed by atoms with E-state index in [0.29, 0.717) is 18.8 Å². The molecule has 0 aromatic carbocycles. The topological polar surface area (TPSA) is 102 Å². The Kier molecular flexibility index (Phi) is 5.66. The van der Waals surface area contributed by atoms with Gasteiger partial charge in [0, 0.05) is 13.0 Å². The zero-order valence-electron chi connectivity index (χ0n) is 9.53. The van der Waals surface area contributed by atoms with Crippen LogP contribution in [0.25, 0.3) is 0 Å². The predicted octanol–water partition coefficient (Wildman–Crippen LogP) is 0.799. The largest absolute Gasteiger partial charge is 0.480 e. The summed E-state index contributed by atoms with van der Waals surface area (Å²) in [6.45, 7) is 3.29. The van der Waals surface area contributed by atoms with Gasteiger partial charge >= 0.3 is 5.97 Å². The lowest BCUT2D eigenvalue weighted by atomic mass is 10.0. The molecule has 0 fully saturated rings. The lowest BCUT2D eigenvalue weighted by molar-refractivity contribution is -0.140. The smallest absolute Gasteiger partial charge is 0.327 e. The number of hydrogen-bond acceptors (Lipinski definition) is 3. The van der Waals surface area contributed by atoms with E-state index in [-0.39, 0.29) is 6.42 Å². The Balaban J connectivity index is 4.16. The van der Waals surface area contributed by atoms with E-state index in [1.54, 1.807) is 6.92 Å². The number of allylic oxidation sites excluding steroid dienone is 1. The molecule has 92 valence electrons. The van der Waals surface area contributed by atoms with Gasteiger partial charge in [0.15, 0.2) is 0 Å². The van der Waals surface area contributed by atoms with Crippen molar-refractivity contribution in [1.29, 1.82) is 0 Å². The molecule has 0 spiro atoms. The number of rotatable bonds is 6. The molecule has 0 radical (unpaired) electrons. The van der Waals surface area contributed by atoms with Gasteiger partial charge in [0.1, 0.15) is 5.54 Å². The number of hydrogen-bond donors (Lipinski definition) is 3. The third-order valence-electron chi connectivity index (χ3n) is 1.85. The fraction of sp³-hybridized carbons (Fsp3) is 0.600. The Morgan fingerprint density at radius 3 is 2.62 bits per heavy atom. The number of nitrogens with zero attached hydrogens (tertiary/aromatic N) is 1. The Labute approximate surface area is 94.0 Å². The van der Waals surface area contributed by atoms with Crippen LogP contribution in [0.2, 0.25) is 0 Å². The summed E-state index contributed by atoms with van der Waals surface area (Å²) >= 11 is 0. The summed E-state index contributed by atoms with van der Waals surface area (Å²) in [5, 5.41) is 8.66. The van der Waals surface area contributed by atoms with E-state index in [2.05, 4.69) is 4.99 Å². The van der Waals surface area contributed by atoms with Gasteiger partial charge in [-0.05, 0) is 26.3 Å². The Morgan fingerprint density at radius 2 is 2.19 bits per heavy atom. The summed E-state index contributed by atoms with van der Waals surface area (Å²) in [4.78, 5) is 14.5. The Morgan fingerprint density at radius 1 is 1.62 bits per heavy atom. The molecule has 0 unspecified atom stereocenters. The zero-order chi connectivity index (χ0) is 12.8. The van der Waals surface area contributed by atoms with Crippen LogP contribution in [0.15, 0.2) is 16.9 Å². The van der Waals surface area contributed by atoms with Crippen molar-refractivity contribution in [3.05, 3.63) is 11.9 Å². The number of nitrogens with two attached hydrogens (primary N) is 2. The lowest BCUT2D eigenvalue weighted by Crippen LogP contribution is -2.42. The predicted molar refractivity (Wildman–Crippen MR) is 60.8 cm³/mol. The van der Waals surface area contributed by atoms with Gasteiger partial charge in [-0.2, -0.15) is 0 Å². The number of amidine groups is 1. The van der Waals surface area contributed by atoms with Gasteiger partial charge < -0.3 is 16.6 Å². The fourth-order valence-electron chi connectivity index (χ4n) is 0.963. The van der Waals surface area contributed by atoms with Crippen LogP contribution < -0.4 is 11.5 Å². The summed E-state index contributed by atoms with van der Waals surface area (Å²) in [7, 11) is 0. The molecule has 1 atom stereocenters. The molecule has 0 aliphatic heterocycles. The standard InChI is InChI=1S/C10H18FN3O2/c1-7(12)14-5-3-4-8(11)6-10(2,13)9(15)16/h6H,3-5,13H2,1-2H3,(H2,12,14)(H,15,16)/b8-6-/t10-/m1/s1. The van der Waals surface area contributed by atoms with Gasteiger partial charge in [0.2, 0.25) is 0 Å². The van der Waals surface area contributed by atoms with E-state index in [1.807, 2.05) is 0 Å². The summed E-state index contributed by atoms with van der Waals surface area (Å²) in [5.41, 5.74) is 8.97. The van der Waals surface area contributed by atoms with Crippen LogP contribution in [0.3, 0.4) is 0 Å². The highest BCUT2D eigenvalue weighted by molar-refractivity contribution is 5.80. The molecular formula is C10H18FN3O2.